The van der Waals surface area contributed by atoms with E-state index in [0.29, 0.717) is 12.0 Å². The van der Waals surface area contributed by atoms with Crippen molar-refractivity contribution < 1.29 is 14.4 Å². The summed E-state index contributed by atoms with van der Waals surface area (Å²) in [6, 6.07) is 5.25. The molecule has 106 valence electrons. The molecule has 2 aliphatic heterocycles. The molecule has 1 unspecified atom stereocenters. The van der Waals surface area contributed by atoms with Gasteiger partial charge in [-0.3, -0.25) is 24.6 Å². The van der Waals surface area contributed by atoms with E-state index >= 15 is 0 Å². The molecule has 3 aliphatic rings. The van der Waals surface area contributed by atoms with Crippen LogP contribution in [0.2, 0.25) is 0 Å². The maximum absolute atomic E-state index is 12.7. The Hall–Kier alpha value is -2.43. The van der Waals surface area contributed by atoms with Crippen LogP contribution in [0.3, 0.4) is 0 Å². The van der Waals surface area contributed by atoms with Gasteiger partial charge in [-0.15, -0.1) is 0 Å². The first-order valence-electron chi connectivity index (χ1n) is 7.16. The van der Waals surface area contributed by atoms with E-state index in [9.17, 15) is 14.4 Å². The molecular formula is C16H14N2O3. The van der Waals surface area contributed by atoms with E-state index in [1.807, 2.05) is 24.3 Å². The first-order chi connectivity index (χ1) is 10.2. The second kappa shape index (κ2) is 4.28. The second-order valence-corrected chi connectivity index (χ2v) is 5.61. The molecule has 5 heteroatoms. The van der Waals surface area contributed by atoms with Crippen LogP contribution in [0.1, 0.15) is 30.4 Å². The molecule has 0 saturated carbocycles. The average molecular weight is 282 g/mol. The number of rotatable bonds is 1. The molecule has 1 aromatic rings. The van der Waals surface area contributed by atoms with E-state index in [-0.39, 0.29) is 24.1 Å². The number of hydrogen-bond donors (Lipinski definition) is 1. The summed E-state index contributed by atoms with van der Waals surface area (Å²) in [5.41, 5.74) is 3.64. The van der Waals surface area contributed by atoms with Gasteiger partial charge in [0.15, 0.2) is 0 Å². The van der Waals surface area contributed by atoms with Crippen molar-refractivity contribution in [1.29, 1.82) is 0 Å². The highest BCUT2D eigenvalue weighted by Crippen LogP contribution is 2.43. The SMILES string of the molecule is O=C1CCC(N2C(=O)C3=CCCc4cccc2c43)C(=O)N1. The standard InChI is InChI=1S/C16H14N2O3/c19-13-8-7-12(15(20)17-13)18-11-6-2-4-9-3-1-5-10(14(9)11)16(18)21/h2,4-6,12H,1,3,7-8H2,(H,17,19,20). The summed E-state index contributed by atoms with van der Waals surface area (Å²) in [5.74, 6) is -0.764. The summed E-state index contributed by atoms with van der Waals surface area (Å²) >= 11 is 0. The number of imide groups is 1. The minimum atomic E-state index is -0.590. The van der Waals surface area contributed by atoms with E-state index < -0.39 is 6.04 Å². The third kappa shape index (κ3) is 1.67. The summed E-state index contributed by atoms with van der Waals surface area (Å²) in [4.78, 5) is 37.7. The Morgan fingerprint density at radius 3 is 2.81 bits per heavy atom. The molecule has 1 fully saturated rings. The van der Waals surface area contributed by atoms with Crippen molar-refractivity contribution in [2.75, 3.05) is 4.90 Å². The molecule has 1 aromatic carbocycles. The predicted molar refractivity (Wildman–Crippen MR) is 76.4 cm³/mol. The fraction of sp³-hybridized carbons (Fsp3) is 0.312. The number of hydrogen-bond acceptors (Lipinski definition) is 3. The quantitative estimate of drug-likeness (QED) is 0.786. The molecule has 1 saturated heterocycles. The topological polar surface area (TPSA) is 66.5 Å². The molecule has 1 aliphatic carbocycles. The number of benzene rings is 1. The molecule has 21 heavy (non-hydrogen) atoms. The summed E-state index contributed by atoms with van der Waals surface area (Å²) < 4.78 is 0. The Labute approximate surface area is 121 Å². The molecule has 4 rings (SSSR count). The fourth-order valence-corrected chi connectivity index (χ4v) is 3.45. The van der Waals surface area contributed by atoms with Crippen molar-refractivity contribution >= 4 is 29.0 Å². The largest absolute Gasteiger partial charge is 0.295 e. The van der Waals surface area contributed by atoms with Gasteiger partial charge >= 0.3 is 0 Å². The number of anilines is 1. The van der Waals surface area contributed by atoms with E-state index in [1.54, 1.807) is 4.90 Å². The molecule has 2 heterocycles. The third-order valence-electron chi connectivity index (χ3n) is 4.39. The van der Waals surface area contributed by atoms with E-state index in [2.05, 4.69) is 5.32 Å². The smallest absolute Gasteiger partial charge is 0.259 e. The number of amides is 3. The molecule has 3 amide bonds. The van der Waals surface area contributed by atoms with Crippen LogP contribution in [-0.2, 0) is 20.8 Å². The van der Waals surface area contributed by atoms with Crippen LogP contribution < -0.4 is 10.2 Å². The maximum Gasteiger partial charge on any atom is 0.259 e. The molecule has 0 aromatic heterocycles. The second-order valence-electron chi connectivity index (χ2n) is 5.61. The lowest BCUT2D eigenvalue weighted by atomic mass is 9.92. The Morgan fingerprint density at radius 1 is 1.14 bits per heavy atom. The Bertz CT molecular complexity index is 720. The van der Waals surface area contributed by atoms with Crippen molar-refractivity contribution in [3.8, 4) is 0 Å². The van der Waals surface area contributed by atoms with Gasteiger partial charge in [0.25, 0.3) is 5.91 Å². The van der Waals surface area contributed by atoms with Gasteiger partial charge in [0, 0.05) is 17.6 Å². The average Bonchev–Trinajstić information content (AvgIpc) is 2.75. The van der Waals surface area contributed by atoms with Crippen LogP contribution in [0, 0.1) is 0 Å². The highest BCUT2D eigenvalue weighted by atomic mass is 16.2. The number of nitrogens with zero attached hydrogens (tertiary/aromatic N) is 1. The van der Waals surface area contributed by atoms with Gasteiger partial charge in [-0.05, 0) is 30.9 Å². The van der Waals surface area contributed by atoms with Crippen LogP contribution in [0.5, 0.6) is 0 Å². The maximum atomic E-state index is 12.7. The fourth-order valence-electron chi connectivity index (χ4n) is 3.45. The van der Waals surface area contributed by atoms with E-state index in [1.165, 1.54) is 0 Å². The lowest BCUT2D eigenvalue weighted by Gasteiger charge is -2.29. The summed E-state index contributed by atoms with van der Waals surface area (Å²) in [6.45, 7) is 0. The molecule has 0 spiro atoms. The number of carbonyl (C=O) groups excluding carboxylic acids is 3. The number of carbonyl (C=O) groups is 3. The number of allylic oxidation sites excluding steroid dienone is 1. The Balaban J connectivity index is 1.82. The zero-order valence-electron chi connectivity index (χ0n) is 11.4. The van der Waals surface area contributed by atoms with Crippen molar-refractivity contribution in [3.63, 3.8) is 0 Å². The predicted octanol–water partition coefficient (Wildman–Crippen LogP) is 1.17. The highest BCUT2D eigenvalue weighted by molar-refractivity contribution is 6.34. The van der Waals surface area contributed by atoms with Crippen LogP contribution in [0.25, 0.3) is 5.57 Å². The first-order valence-corrected chi connectivity index (χ1v) is 7.16. The van der Waals surface area contributed by atoms with E-state index in [0.717, 1.165) is 29.7 Å². The molecule has 5 nitrogen and oxygen atoms in total. The van der Waals surface area contributed by atoms with Crippen LogP contribution in [-0.4, -0.2) is 23.8 Å². The third-order valence-corrected chi connectivity index (χ3v) is 4.39. The van der Waals surface area contributed by atoms with Gasteiger partial charge < -0.3 is 0 Å². The molecular weight excluding hydrogens is 268 g/mol. The number of piperidine rings is 1. The van der Waals surface area contributed by atoms with Gasteiger partial charge in [-0.2, -0.15) is 0 Å². The van der Waals surface area contributed by atoms with Gasteiger partial charge in [0.05, 0.1) is 5.69 Å². The van der Waals surface area contributed by atoms with Crippen molar-refractivity contribution in [1.82, 2.24) is 5.32 Å². The summed E-state index contributed by atoms with van der Waals surface area (Å²) in [7, 11) is 0. The zero-order chi connectivity index (χ0) is 14.6. The Morgan fingerprint density at radius 2 is 2.00 bits per heavy atom. The zero-order valence-corrected chi connectivity index (χ0v) is 11.4. The molecule has 1 N–H and O–H groups in total. The van der Waals surface area contributed by atoms with Gasteiger partial charge in [0.2, 0.25) is 11.8 Å². The van der Waals surface area contributed by atoms with Gasteiger partial charge in [-0.1, -0.05) is 18.2 Å². The minimum Gasteiger partial charge on any atom is -0.295 e. The Kier molecular flexibility index (Phi) is 2.51. The highest BCUT2D eigenvalue weighted by Gasteiger charge is 2.43. The normalized spacial score (nSPS) is 23.8. The summed E-state index contributed by atoms with van der Waals surface area (Å²) in [5, 5.41) is 2.33. The lowest BCUT2D eigenvalue weighted by Crippen LogP contribution is -2.53. The van der Waals surface area contributed by atoms with Gasteiger partial charge in [-0.25, -0.2) is 0 Å². The van der Waals surface area contributed by atoms with Crippen LogP contribution in [0.4, 0.5) is 5.69 Å². The minimum absolute atomic E-state index is 0.119. The van der Waals surface area contributed by atoms with E-state index in [4.69, 9.17) is 0 Å². The molecule has 0 bridgehead atoms. The lowest BCUT2D eigenvalue weighted by molar-refractivity contribution is -0.135. The van der Waals surface area contributed by atoms with Crippen molar-refractivity contribution in [2.45, 2.75) is 31.7 Å². The molecule has 0 radical (unpaired) electrons. The number of aryl methyl sites for hydroxylation is 1. The van der Waals surface area contributed by atoms with Crippen LogP contribution >= 0.6 is 0 Å². The monoisotopic (exact) mass is 282 g/mol. The van der Waals surface area contributed by atoms with Crippen molar-refractivity contribution in [2.24, 2.45) is 0 Å². The molecule has 1 atom stereocenters. The van der Waals surface area contributed by atoms with Crippen molar-refractivity contribution in [3.05, 3.63) is 35.4 Å². The summed E-state index contributed by atoms with van der Waals surface area (Å²) in [6.07, 6.45) is 4.38. The number of nitrogens with one attached hydrogen (secondary N) is 1. The van der Waals surface area contributed by atoms with Crippen LogP contribution in [0.15, 0.2) is 24.3 Å². The first kappa shape index (κ1) is 12.3. The van der Waals surface area contributed by atoms with Gasteiger partial charge in [0.1, 0.15) is 6.04 Å².